The largest absolute Gasteiger partial charge is 0.493 e. The first kappa shape index (κ1) is 19.9. The average Bonchev–Trinajstić information content (AvgIpc) is 3.26. The molecular formula is C26H30N2O4. The van der Waals surface area contributed by atoms with Crippen LogP contribution in [0.3, 0.4) is 0 Å². The van der Waals surface area contributed by atoms with Gasteiger partial charge in [-0.25, -0.2) is 4.79 Å². The van der Waals surface area contributed by atoms with Gasteiger partial charge in [0.15, 0.2) is 17.6 Å². The maximum Gasteiger partial charge on any atom is 0.352 e. The van der Waals surface area contributed by atoms with Crippen molar-refractivity contribution in [3.05, 3.63) is 51.3 Å². The zero-order chi connectivity index (χ0) is 22.5. The first-order chi connectivity index (χ1) is 15.3. The lowest BCUT2D eigenvalue weighted by Crippen LogP contribution is -2.56. The van der Waals surface area contributed by atoms with Gasteiger partial charge in [-0.15, -0.1) is 0 Å². The molecule has 0 amide bonds. The third-order valence-electron chi connectivity index (χ3n) is 8.17. The van der Waals surface area contributed by atoms with E-state index in [1.807, 2.05) is 13.0 Å². The van der Waals surface area contributed by atoms with Gasteiger partial charge >= 0.3 is 5.97 Å². The Bertz CT molecular complexity index is 1210. The third-order valence-corrected chi connectivity index (χ3v) is 8.17. The van der Waals surface area contributed by atoms with Gasteiger partial charge in [0.05, 0.1) is 18.2 Å². The van der Waals surface area contributed by atoms with Gasteiger partial charge in [-0.3, -0.25) is 4.90 Å². The molecule has 2 aromatic rings. The van der Waals surface area contributed by atoms with E-state index in [1.165, 1.54) is 22.3 Å². The number of hydrogen-bond acceptors (Lipinski definition) is 4. The van der Waals surface area contributed by atoms with Gasteiger partial charge in [0.2, 0.25) is 0 Å². The lowest BCUT2D eigenvalue weighted by atomic mass is 9.54. The van der Waals surface area contributed by atoms with Gasteiger partial charge < -0.3 is 19.6 Å². The second-order valence-electron chi connectivity index (χ2n) is 10.3. The maximum absolute atomic E-state index is 12.1. The number of aromatic amines is 1. The molecule has 1 saturated heterocycles. The second kappa shape index (κ2) is 6.41. The minimum absolute atomic E-state index is 0.253. The average molecular weight is 435 g/mol. The highest BCUT2D eigenvalue weighted by atomic mass is 16.5. The highest BCUT2D eigenvalue weighted by molar-refractivity contribution is 5.93. The highest BCUT2D eigenvalue weighted by Gasteiger charge is 2.63. The number of methoxy groups -OCH3 is 1. The number of allylic oxidation sites excluding steroid dienone is 1. The Morgan fingerprint density at radius 2 is 2.19 bits per heavy atom. The van der Waals surface area contributed by atoms with Crippen LogP contribution in [0, 0.1) is 12.8 Å². The first-order valence-corrected chi connectivity index (χ1v) is 11.6. The molecule has 168 valence electrons. The van der Waals surface area contributed by atoms with E-state index in [9.17, 15) is 9.90 Å². The Morgan fingerprint density at radius 1 is 1.41 bits per heavy atom. The Hall–Kier alpha value is -2.73. The van der Waals surface area contributed by atoms with Gasteiger partial charge in [-0.1, -0.05) is 19.9 Å². The lowest BCUT2D eigenvalue weighted by molar-refractivity contribution is 0.0688. The van der Waals surface area contributed by atoms with Gasteiger partial charge in [0.25, 0.3) is 0 Å². The standard InChI is InChI=1S/C26H30N2O4/c1-12(2)10-15-18-13(3)21(25(29)30)27-22(18)24-26-8-9-28(4)16(20(15)26)11-14-6-7-17(31-5)23(32-24)19(14)26/h6-7,12,16,24,27H,8-11H2,1-5H3,(H,29,30)/t16-,24+,26-/m1/s1. The molecule has 4 aliphatic rings. The molecule has 0 saturated carbocycles. The van der Waals surface area contributed by atoms with Gasteiger partial charge in [0.1, 0.15) is 5.69 Å². The minimum atomic E-state index is -0.917. The molecule has 32 heavy (non-hydrogen) atoms. The summed E-state index contributed by atoms with van der Waals surface area (Å²) in [6.45, 7) is 7.41. The van der Waals surface area contributed by atoms with Crippen molar-refractivity contribution in [2.75, 3.05) is 20.7 Å². The highest BCUT2D eigenvalue weighted by Crippen LogP contribution is 2.68. The number of carboxylic acids is 1. The summed E-state index contributed by atoms with van der Waals surface area (Å²) in [4.78, 5) is 17.9. The van der Waals surface area contributed by atoms with Crippen LogP contribution in [0.4, 0.5) is 0 Å². The number of ether oxygens (including phenoxy) is 2. The number of aromatic nitrogens is 1. The molecule has 1 fully saturated rings. The van der Waals surface area contributed by atoms with E-state index in [1.54, 1.807) is 7.11 Å². The summed E-state index contributed by atoms with van der Waals surface area (Å²) in [5.41, 5.74) is 8.22. The first-order valence-electron chi connectivity index (χ1n) is 11.6. The van der Waals surface area contributed by atoms with E-state index in [4.69, 9.17) is 9.47 Å². The molecule has 0 radical (unpaired) electrons. The van der Waals surface area contributed by atoms with Crippen molar-refractivity contribution in [3.63, 3.8) is 0 Å². The zero-order valence-electron chi connectivity index (χ0n) is 19.3. The summed E-state index contributed by atoms with van der Waals surface area (Å²) in [5, 5.41) is 9.92. The second-order valence-corrected chi connectivity index (χ2v) is 10.3. The molecule has 0 unspecified atom stereocenters. The molecule has 2 N–H and O–H groups in total. The number of benzene rings is 1. The number of carbonyl (C=O) groups is 1. The van der Waals surface area contributed by atoms with Crippen LogP contribution >= 0.6 is 0 Å². The van der Waals surface area contributed by atoms with Gasteiger partial charge in [-0.2, -0.15) is 0 Å². The van der Waals surface area contributed by atoms with Crippen LogP contribution in [-0.4, -0.2) is 47.7 Å². The summed E-state index contributed by atoms with van der Waals surface area (Å²) >= 11 is 0. The van der Waals surface area contributed by atoms with Crippen molar-refractivity contribution < 1.29 is 19.4 Å². The smallest absolute Gasteiger partial charge is 0.352 e. The normalized spacial score (nSPS) is 27.3. The Kier molecular flexibility index (Phi) is 3.99. The number of nitrogens with one attached hydrogen (secondary N) is 1. The molecule has 2 bridgehead atoms. The molecule has 1 aromatic carbocycles. The van der Waals surface area contributed by atoms with E-state index < -0.39 is 5.97 Å². The van der Waals surface area contributed by atoms with Crippen LogP contribution in [0.5, 0.6) is 11.5 Å². The van der Waals surface area contributed by atoms with Crippen LogP contribution in [0.2, 0.25) is 0 Å². The number of fused-ring (bicyclic) bond motifs is 2. The molecular weight excluding hydrogens is 404 g/mol. The van der Waals surface area contributed by atoms with E-state index in [0.717, 1.165) is 54.1 Å². The molecule has 3 heterocycles. The number of likely N-dealkylation sites (N-methyl/N-ethyl adjacent to an activating group) is 1. The molecule has 1 aromatic heterocycles. The summed E-state index contributed by atoms with van der Waals surface area (Å²) in [5.74, 6) is 1.15. The van der Waals surface area contributed by atoms with E-state index in [0.29, 0.717) is 12.0 Å². The number of likely N-dealkylation sites (tertiary alicyclic amines) is 1. The Labute approximate surface area is 188 Å². The summed E-state index contributed by atoms with van der Waals surface area (Å²) in [7, 11) is 3.91. The Balaban J connectivity index is 1.75. The molecule has 1 spiro atoms. The summed E-state index contributed by atoms with van der Waals surface area (Å²) < 4.78 is 12.5. The molecule has 6 rings (SSSR count). The van der Waals surface area contributed by atoms with Crippen LogP contribution in [-0.2, 0) is 11.8 Å². The predicted octanol–water partition coefficient (Wildman–Crippen LogP) is 4.47. The number of hydrogen-bond donors (Lipinski definition) is 2. The van der Waals surface area contributed by atoms with Crippen molar-refractivity contribution in [2.45, 2.75) is 57.6 Å². The van der Waals surface area contributed by atoms with Crippen molar-refractivity contribution in [1.29, 1.82) is 0 Å². The van der Waals surface area contributed by atoms with Crippen LogP contribution < -0.4 is 9.47 Å². The van der Waals surface area contributed by atoms with Crippen LogP contribution in [0.1, 0.15) is 71.2 Å². The quantitative estimate of drug-likeness (QED) is 0.742. The number of carboxylic acid groups (broad SMARTS) is 1. The van der Waals surface area contributed by atoms with Crippen LogP contribution in [0.25, 0.3) is 5.57 Å². The molecule has 6 nitrogen and oxygen atoms in total. The van der Waals surface area contributed by atoms with Crippen molar-refractivity contribution >= 4 is 11.5 Å². The SMILES string of the molecule is COc1ccc2c3c1O[C@H]1c4[nH]c(C(=O)O)c(C)c4C(CC(C)C)=C4[C@@H](C2)N(C)CC[C@]431. The summed E-state index contributed by atoms with van der Waals surface area (Å²) in [6, 6.07) is 4.52. The fourth-order valence-electron chi connectivity index (χ4n) is 7.00. The van der Waals surface area contributed by atoms with Gasteiger partial charge in [0, 0.05) is 17.2 Å². The predicted molar refractivity (Wildman–Crippen MR) is 122 cm³/mol. The van der Waals surface area contributed by atoms with Crippen molar-refractivity contribution in [2.24, 2.45) is 5.92 Å². The fraction of sp³-hybridized carbons (Fsp3) is 0.500. The van der Waals surface area contributed by atoms with E-state index in [2.05, 4.69) is 36.8 Å². The number of piperidine rings is 1. The third kappa shape index (κ3) is 2.21. The fourth-order valence-corrected chi connectivity index (χ4v) is 7.00. The van der Waals surface area contributed by atoms with Gasteiger partial charge in [-0.05, 0) is 74.0 Å². The topological polar surface area (TPSA) is 74.8 Å². The number of H-pyrrole nitrogens is 1. The van der Waals surface area contributed by atoms with Crippen molar-refractivity contribution in [3.8, 4) is 11.5 Å². The minimum Gasteiger partial charge on any atom is -0.493 e. The number of aromatic carboxylic acids is 1. The zero-order valence-corrected chi connectivity index (χ0v) is 19.3. The van der Waals surface area contributed by atoms with E-state index in [-0.39, 0.29) is 17.2 Å². The van der Waals surface area contributed by atoms with E-state index >= 15 is 0 Å². The van der Waals surface area contributed by atoms with Crippen molar-refractivity contribution in [1.82, 2.24) is 9.88 Å². The molecule has 2 aliphatic carbocycles. The summed E-state index contributed by atoms with van der Waals surface area (Å²) in [6.07, 6.45) is 2.57. The molecule has 3 atom stereocenters. The van der Waals surface area contributed by atoms with Crippen LogP contribution in [0.15, 0.2) is 17.7 Å². The molecule has 6 heteroatoms. The monoisotopic (exact) mass is 434 g/mol. The lowest BCUT2D eigenvalue weighted by Gasteiger charge is -2.54. The maximum atomic E-state index is 12.1. The molecule has 2 aliphatic heterocycles. The Morgan fingerprint density at radius 3 is 2.88 bits per heavy atom. The number of rotatable bonds is 4. The number of nitrogens with zero attached hydrogens (tertiary/aromatic N) is 1.